The van der Waals surface area contributed by atoms with Gasteiger partial charge in [0.25, 0.3) is 0 Å². The van der Waals surface area contributed by atoms with Crippen LogP contribution in [0.5, 0.6) is 5.75 Å². The van der Waals surface area contributed by atoms with Crippen molar-refractivity contribution in [3.63, 3.8) is 0 Å². The molecule has 0 radical (unpaired) electrons. The number of rotatable bonds is 3. The van der Waals surface area contributed by atoms with Crippen LogP contribution < -0.4 is 4.74 Å². The zero-order chi connectivity index (χ0) is 10.8. The van der Waals surface area contributed by atoms with E-state index in [1.54, 1.807) is 7.11 Å². The van der Waals surface area contributed by atoms with Crippen LogP contribution in [-0.4, -0.2) is 12.9 Å². The van der Waals surface area contributed by atoms with Gasteiger partial charge in [-0.3, -0.25) is 0 Å². The van der Waals surface area contributed by atoms with Gasteiger partial charge in [0.2, 0.25) is 0 Å². The molecule has 2 rings (SSSR count). The van der Waals surface area contributed by atoms with Crippen LogP contribution in [-0.2, 0) is 0 Å². The van der Waals surface area contributed by atoms with Crippen molar-refractivity contribution in [2.24, 2.45) is 0 Å². The van der Waals surface area contributed by atoms with Gasteiger partial charge in [0.1, 0.15) is 5.75 Å². The highest BCUT2D eigenvalue weighted by molar-refractivity contribution is 8.00. The van der Waals surface area contributed by atoms with Gasteiger partial charge in [-0.2, -0.15) is 11.8 Å². The lowest BCUT2D eigenvalue weighted by atomic mass is 9.97. The molecule has 0 bridgehead atoms. The Hall–Kier alpha value is -0.630. The van der Waals surface area contributed by atoms with Crippen LogP contribution in [0.4, 0.5) is 0 Å². The van der Waals surface area contributed by atoms with E-state index >= 15 is 0 Å². The first kappa shape index (κ1) is 10.9. The largest absolute Gasteiger partial charge is 0.496 e. The molecule has 2 heteroatoms. The highest BCUT2D eigenvalue weighted by Crippen LogP contribution is 2.43. The molecule has 1 saturated heterocycles. The first-order chi connectivity index (χ1) is 7.22. The maximum Gasteiger partial charge on any atom is 0.122 e. The third kappa shape index (κ3) is 2.15. The maximum atomic E-state index is 5.39. The van der Waals surface area contributed by atoms with Gasteiger partial charge in [-0.15, -0.1) is 0 Å². The number of hydrogen-bond acceptors (Lipinski definition) is 2. The summed E-state index contributed by atoms with van der Waals surface area (Å²) in [6.07, 6.45) is 1.33. The number of benzene rings is 1. The van der Waals surface area contributed by atoms with E-state index in [4.69, 9.17) is 4.74 Å². The van der Waals surface area contributed by atoms with Gasteiger partial charge in [-0.1, -0.05) is 26.0 Å². The Labute approximate surface area is 96.2 Å². The molecule has 1 aromatic carbocycles. The molecule has 1 heterocycles. The Kier molecular flexibility index (Phi) is 3.25. The standard InChI is InChI=1S/C13H18OS/c1-9(2)11-8-10(13-6-7-15-13)4-5-12(11)14-3/h4-5,8-9,13H,6-7H2,1-3H3. The average Bonchev–Trinajstić information content (AvgIpc) is 2.15. The summed E-state index contributed by atoms with van der Waals surface area (Å²) >= 11 is 2.05. The molecule has 1 atom stereocenters. The van der Waals surface area contributed by atoms with Crippen LogP contribution in [0.1, 0.15) is 42.6 Å². The second-order valence-corrected chi connectivity index (χ2v) is 5.61. The molecule has 1 aromatic rings. The zero-order valence-electron chi connectivity index (χ0n) is 9.62. The fourth-order valence-corrected chi connectivity index (χ4v) is 2.71. The molecule has 1 unspecified atom stereocenters. The van der Waals surface area contributed by atoms with Gasteiger partial charge in [-0.25, -0.2) is 0 Å². The number of hydrogen-bond donors (Lipinski definition) is 0. The Balaban J connectivity index is 2.31. The summed E-state index contributed by atoms with van der Waals surface area (Å²) in [6.45, 7) is 4.44. The van der Waals surface area contributed by atoms with E-state index in [9.17, 15) is 0 Å². The minimum atomic E-state index is 0.532. The first-order valence-electron chi connectivity index (χ1n) is 5.52. The molecule has 1 fully saturated rings. The minimum Gasteiger partial charge on any atom is -0.496 e. The van der Waals surface area contributed by atoms with Gasteiger partial charge in [0.05, 0.1) is 7.11 Å². The van der Waals surface area contributed by atoms with Gasteiger partial charge in [0, 0.05) is 5.25 Å². The highest BCUT2D eigenvalue weighted by atomic mass is 32.2. The van der Waals surface area contributed by atoms with Crippen molar-refractivity contribution in [2.75, 3.05) is 12.9 Å². The summed E-state index contributed by atoms with van der Waals surface area (Å²) in [6, 6.07) is 6.64. The van der Waals surface area contributed by atoms with Crippen molar-refractivity contribution >= 4 is 11.8 Å². The molecule has 82 valence electrons. The summed E-state index contributed by atoms with van der Waals surface area (Å²) < 4.78 is 5.39. The summed E-state index contributed by atoms with van der Waals surface area (Å²) in [5.74, 6) is 2.87. The normalized spacial score (nSPS) is 20.1. The Bertz CT molecular complexity index is 342. The molecular formula is C13H18OS. The number of ether oxygens (including phenoxy) is 1. The lowest BCUT2D eigenvalue weighted by Gasteiger charge is -2.26. The molecule has 1 aliphatic rings. The first-order valence-corrected chi connectivity index (χ1v) is 6.56. The van der Waals surface area contributed by atoms with E-state index in [1.807, 2.05) is 0 Å². The lowest BCUT2D eigenvalue weighted by molar-refractivity contribution is 0.407. The Morgan fingerprint density at radius 1 is 1.40 bits per heavy atom. The minimum absolute atomic E-state index is 0.532. The molecule has 1 nitrogen and oxygen atoms in total. The van der Waals surface area contributed by atoms with Gasteiger partial charge in [0.15, 0.2) is 0 Å². The van der Waals surface area contributed by atoms with E-state index in [-0.39, 0.29) is 0 Å². The summed E-state index contributed by atoms with van der Waals surface area (Å²) in [7, 11) is 1.75. The quantitative estimate of drug-likeness (QED) is 0.764. The van der Waals surface area contributed by atoms with Crippen LogP contribution in [0.3, 0.4) is 0 Å². The van der Waals surface area contributed by atoms with Gasteiger partial charge < -0.3 is 4.74 Å². The van der Waals surface area contributed by atoms with Crippen LogP contribution in [0.2, 0.25) is 0 Å². The molecule has 0 aliphatic carbocycles. The van der Waals surface area contributed by atoms with E-state index in [0.29, 0.717) is 5.92 Å². The summed E-state index contributed by atoms with van der Waals surface area (Å²) in [4.78, 5) is 0. The fraction of sp³-hybridized carbons (Fsp3) is 0.538. The molecular weight excluding hydrogens is 204 g/mol. The van der Waals surface area contributed by atoms with Gasteiger partial charge in [-0.05, 0) is 35.3 Å². The molecule has 0 amide bonds. The number of methoxy groups -OCH3 is 1. The van der Waals surface area contributed by atoms with E-state index in [2.05, 4.69) is 43.8 Å². The molecule has 0 N–H and O–H groups in total. The van der Waals surface area contributed by atoms with Crippen LogP contribution in [0.15, 0.2) is 18.2 Å². The second-order valence-electron chi connectivity index (χ2n) is 4.30. The topological polar surface area (TPSA) is 9.23 Å². The van der Waals surface area contributed by atoms with Crippen LogP contribution in [0, 0.1) is 0 Å². The van der Waals surface area contributed by atoms with E-state index < -0.39 is 0 Å². The van der Waals surface area contributed by atoms with Crippen molar-refractivity contribution in [2.45, 2.75) is 31.4 Å². The predicted molar refractivity (Wildman–Crippen MR) is 66.9 cm³/mol. The highest BCUT2D eigenvalue weighted by Gasteiger charge is 2.21. The fourth-order valence-electron chi connectivity index (χ4n) is 1.90. The van der Waals surface area contributed by atoms with Crippen molar-refractivity contribution in [1.82, 2.24) is 0 Å². The average molecular weight is 222 g/mol. The number of thioether (sulfide) groups is 1. The molecule has 0 saturated carbocycles. The Morgan fingerprint density at radius 3 is 2.60 bits per heavy atom. The second kappa shape index (κ2) is 4.48. The maximum absolute atomic E-state index is 5.39. The predicted octanol–water partition coefficient (Wildman–Crippen LogP) is 4.00. The third-order valence-corrected chi connectivity index (χ3v) is 4.33. The van der Waals surface area contributed by atoms with Crippen molar-refractivity contribution in [1.29, 1.82) is 0 Å². The smallest absolute Gasteiger partial charge is 0.122 e. The molecule has 15 heavy (non-hydrogen) atoms. The van der Waals surface area contributed by atoms with Crippen molar-refractivity contribution < 1.29 is 4.74 Å². The summed E-state index contributed by atoms with van der Waals surface area (Å²) in [5, 5.41) is 0.730. The molecule has 1 aliphatic heterocycles. The third-order valence-electron chi connectivity index (χ3n) is 2.95. The van der Waals surface area contributed by atoms with Crippen molar-refractivity contribution in [3.8, 4) is 5.75 Å². The SMILES string of the molecule is COc1ccc(C2CCS2)cc1C(C)C. The summed E-state index contributed by atoms with van der Waals surface area (Å²) in [5.41, 5.74) is 2.80. The van der Waals surface area contributed by atoms with Crippen LogP contribution >= 0.6 is 11.8 Å². The lowest BCUT2D eigenvalue weighted by Crippen LogP contribution is -2.07. The van der Waals surface area contributed by atoms with E-state index in [0.717, 1.165) is 11.0 Å². The van der Waals surface area contributed by atoms with Crippen molar-refractivity contribution in [3.05, 3.63) is 29.3 Å². The van der Waals surface area contributed by atoms with Crippen LogP contribution in [0.25, 0.3) is 0 Å². The Morgan fingerprint density at radius 2 is 2.13 bits per heavy atom. The van der Waals surface area contributed by atoms with Gasteiger partial charge >= 0.3 is 0 Å². The molecule has 0 aromatic heterocycles. The zero-order valence-corrected chi connectivity index (χ0v) is 10.4. The monoisotopic (exact) mass is 222 g/mol. The van der Waals surface area contributed by atoms with E-state index in [1.165, 1.54) is 23.3 Å². The molecule has 0 spiro atoms.